The fourth-order valence-electron chi connectivity index (χ4n) is 1.54. The molecule has 0 saturated carbocycles. The standard InChI is InChI=1S/C13H21NO2S/c1-15-11-6-7-12(13(10-11)16-2)14-8-4-5-9-17-3/h6-7,10,14H,4-5,8-9H2,1-3H3. The molecule has 0 amide bonds. The molecule has 0 fully saturated rings. The Morgan fingerprint density at radius 2 is 2.00 bits per heavy atom. The Bertz CT molecular complexity index is 331. The van der Waals surface area contributed by atoms with Crippen LogP contribution in [-0.2, 0) is 0 Å². The molecule has 0 aliphatic carbocycles. The minimum atomic E-state index is 0.815. The number of methoxy groups -OCH3 is 2. The van der Waals surface area contributed by atoms with Crippen molar-refractivity contribution in [1.29, 1.82) is 0 Å². The molecule has 1 rings (SSSR count). The number of benzene rings is 1. The summed E-state index contributed by atoms with van der Waals surface area (Å²) in [6, 6.07) is 5.82. The zero-order valence-electron chi connectivity index (χ0n) is 10.8. The molecule has 0 heterocycles. The Balaban J connectivity index is 2.46. The lowest BCUT2D eigenvalue weighted by Crippen LogP contribution is -2.03. The summed E-state index contributed by atoms with van der Waals surface area (Å²) in [5, 5.41) is 3.38. The normalized spacial score (nSPS) is 10.1. The van der Waals surface area contributed by atoms with Crippen LogP contribution in [0.3, 0.4) is 0 Å². The molecule has 96 valence electrons. The Hall–Kier alpha value is -1.03. The Kier molecular flexibility index (Phi) is 6.70. The van der Waals surface area contributed by atoms with Gasteiger partial charge in [0.15, 0.2) is 0 Å². The van der Waals surface area contributed by atoms with Crippen molar-refractivity contribution in [2.45, 2.75) is 12.8 Å². The number of hydrogen-bond donors (Lipinski definition) is 1. The highest BCUT2D eigenvalue weighted by molar-refractivity contribution is 7.98. The van der Waals surface area contributed by atoms with Crippen LogP contribution in [-0.4, -0.2) is 32.8 Å². The molecule has 0 aromatic heterocycles. The first-order chi connectivity index (χ1) is 8.31. The molecule has 0 atom stereocenters. The van der Waals surface area contributed by atoms with Crippen LogP contribution in [0.5, 0.6) is 11.5 Å². The molecule has 17 heavy (non-hydrogen) atoms. The summed E-state index contributed by atoms with van der Waals surface area (Å²) in [7, 11) is 3.33. The topological polar surface area (TPSA) is 30.5 Å². The first kappa shape index (κ1) is 14.0. The summed E-state index contributed by atoms with van der Waals surface area (Å²) in [6.45, 7) is 0.975. The lowest BCUT2D eigenvalue weighted by Gasteiger charge is -2.12. The van der Waals surface area contributed by atoms with Crippen LogP contribution in [0.2, 0.25) is 0 Å². The van der Waals surface area contributed by atoms with E-state index < -0.39 is 0 Å². The molecule has 0 aliphatic heterocycles. The third-order valence-corrected chi connectivity index (χ3v) is 3.20. The van der Waals surface area contributed by atoms with Gasteiger partial charge in [-0.2, -0.15) is 11.8 Å². The molecule has 1 N–H and O–H groups in total. The first-order valence-electron chi connectivity index (χ1n) is 5.76. The zero-order chi connectivity index (χ0) is 12.5. The second-order valence-electron chi connectivity index (χ2n) is 3.69. The minimum absolute atomic E-state index is 0.815. The fraction of sp³-hybridized carbons (Fsp3) is 0.538. The summed E-state index contributed by atoms with van der Waals surface area (Å²) in [5.74, 6) is 2.87. The number of nitrogens with one attached hydrogen (secondary N) is 1. The molecule has 0 saturated heterocycles. The van der Waals surface area contributed by atoms with Crippen LogP contribution in [0, 0.1) is 0 Å². The molecule has 0 unspecified atom stereocenters. The zero-order valence-corrected chi connectivity index (χ0v) is 11.6. The summed E-state index contributed by atoms with van der Waals surface area (Å²) < 4.78 is 10.5. The van der Waals surface area contributed by atoms with Crippen LogP contribution >= 0.6 is 11.8 Å². The van der Waals surface area contributed by atoms with Gasteiger partial charge in [-0.15, -0.1) is 0 Å². The van der Waals surface area contributed by atoms with E-state index in [0.717, 1.165) is 23.7 Å². The van der Waals surface area contributed by atoms with Crippen LogP contribution in [0.15, 0.2) is 18.2 Å². The van der Waals surface area contributed by atoms with E-state index in [9.17, 15) is 0 Å². The van der Waals surface area contributed by atoms with Crippen molar-refractivity contribution in [3.8, 4) is 11.5 Å². The Labute approximate surface area is 108 Å². The predicted molar refractivity (Wildman–Crippen MR) is 75.7 cm³/mol. The summed E-state index contributed by atoms with van der Waals surface area (Å²) in [6.07, 6.45) is 4.56. The number of ether oxygens (including phenoxy) is 2. The average Bonchev–Trinajstić information content (AvgIpc) is 2.38. The van der Waals surface area contributed by atoms with Gasteiger partial charge < -0.3 is 14.8 Å². The fourth-order valence-corrected chi connectivity index (χ4v) is 2.03. The van der Waals surface area contributed by atoms with E-state index in [0.29, 0.717) is 0 Å². The van der Waals surface area contributed by atoms with Crippen molar-refractivity contribution < 1.29 is 9.47 Å². The van der Waals surface area contributed by atoms with Crippen LogP contribution < -0.4 is 14.8 Å². The van der Waals surface area contributed by atoms with Gasteiger partial charge in [-0.25, -0.2) is 0 Å². The molecule has 1 aromatic carbocycles. The van der Waals surface area contributed by atoms with Crippen molar-refractivity contribution in [3.05, 3.63) is 18.2 Å². The summed E-state index contributed by atoms with van der Waals surface area (Å²) >= 11 is 1.89. The van der Waals surface area contributed by atoms with Gasteiger partial charge in [0.2, 0.25) is 0 Å². The average molecular weight is 255 g/mol. The molecule has 0 radical (unpaired) electrons. The lowest BCUT2D eigenvalue weighted by atomic mass is 10.2. The van der Waals surface area contributed by atoms with E-state index in [2.05, 4.69) is 11.6 Å². The quantitative estimate of drug-likeness (QED) is 0.722. The summed E-state index contributed by atoms with van der Waals surface area (Å²) in [4.78, 5) is 0. The van der Waals surface area contributed by atoms with E-state index in [4.69, 9.17) is 9.47 Å². The Morgan fingerprint density at radius 3 is 2.65 bits per heavy atom. The highest BCUT2D eigenvalue weighted by Crippen LogP contribution is 2.28. The molecule has 3 nitrogen and oxygen atoms in total. The molecule has 0 spiro atoms. The lowest BCUT2D eigenvalue weighted by molar-refractivity contribution is 0.395. The maximum absolute atomic E-state index is 5.32. The van der Waals surface area contributed by atoms with Gasteiger partial charge in [-0.3, -0.25) is 0 Å². The third-order valence-electron chi connectivity index (χ3n) is 2.50. The SMILES string of the molecule is COc1ccc(NCCCCSC)c(OC)c1. The molecule has 0 aliphatic rings. The van der Waals surface area contributed by atoms with Crippen molar-refractivity contribution in [2.75, 3.05) is 38.1 Å². The second kappa shape index (κ2) is 8.12. The number of thioether (sulfide) groups is 1. The smallest absolute Gasteiger partial charge is 0.145 e. The van der Waals surface area contributed by atoms with Gasteiger partial charge in [-0.1, -0.05) is 0 Å². The highest BCUT2D eigenvalue weighted by atomic mass is 32.2. The maximum Gasteiger partial charge on any atom is 0.145 e. The molecular weight excluding hydrogens is 234 g/mol. The third kappa shape index (κ3) is 4.77. The molecule has 4 heteroatoms. The molecule has 1 aromatic rings. The van der Waals surface area contributed by atoms with Gasteiger partial charge in [0.05, 0.1) is 19.9 Å². The molecular formula is C13H21NO2S. The second-order valence-corrected chi connectivity index (χ2v) is 4.68. The van der Waals surface area contributed by atoms with Crippen LogP contribution in [0.1, 0.15) is 12.8 Å². The largest absolute Gasteiger partial charge is 0.497 e. The van der Waals surface area contributed by atoms with E-state index in [1.54, 1.807) is 14.2 Å². The van der Waals surface area contributed by atoms with Gasteiger partial charge in [0.1, 0.15) is 11.5 Å². The van der Waals surface area contributed by atoms with Gasteiger partial charge >= 0.3 is 0 Å². The van der Waals surface area contributed by atoms with E-state index in [-0.39, 0.29) is 0 Å². The van der Waals surface area contributed by atoms with Crippen LogP contribution in [0.4, 0.5) is 5.69 Å². The monoisotopic (exact) mass is 255 g/mol. The number of unbranched alkanes of at least 4 members (excludes halogenated alkanes) is 1. The van der Waals surface area contributed by atoms with Gasteiger partial charge in [0.25, 0.3) is 0 Å². The number of hydrogen-bond acceptors (Lipinski definition) is 4. The van der Waals surface area contributed by atoms with E-state index >= 15 is 0 Å². The van der Waals surface area contributed by atoms with Crippen molar-refractivity contribution >= 4 is 17.4 Å². The maximum atomic E-state index is 5.32. The predicted octanol–water partition coefficient (Wildman–Crippen LogP) is 3.26. The number of anilines is 1. The Morgan fingerprint density at radius 1 is 1.18 bits per heavy atom. The number of rotatable bonds is 8. The van der Waals surface area contributed by atoms with Crippen molar-refractivity contribution in [2.24, 2.45) is 0 Å². The van der Waals surface area contributed by atoms with Gasteiger partial charge in [0, 0.05) is 12.6 Å². The van der Waals surface area contributed by atoms with Crippen molar-refractivity contribution in [3.63, 3.8) is 0 Å². The summed E-state index contributed by atoms with van der Waals surface area (Å²) in [5.41, 5.74) is 1.03. The van der Waals surface area contributed by atoms with Gasteiger partial charge in [-0.05, 0) is 37.0 Å². The van der Waals surface area contributed by atoms with Crippen LogP contribution in [0.25, 0.3) is 0 Å². The first-order valence-corrected chi connectivity index (χ1v) is 7.16. The minimum Gasteiger partial charge on any atom is -0.497 e. The van der Waals surface area contributed by atoms with Crippen molar-refractivity contribution in [1.82, 2.24) is 0 Å². The molecule has 0 bridgehead atoms. The highest BCUT2D eigenvalue weighted by Gasteiger charge is 2.03. The van der Waals surface area contributed by atoms with E-state index in [1.165, 1.54) is 18.6 Å². The van der Waals surface area contributed by atoms with E-state index in [1.807, 2.05) is 30.0 Å².